The first-order valence-corrected chi connectivity index (χ1v) is 10.3. The van der Waals surface area contributed by atoms with Crippen molar-refractivity contribution in [1.29, 1.82) is 0 Å². The predicted molar refractivity (Wildman–Crippen MR) is 124 cm³/mol. The van der Waals surface area contributed by atoms with Crippen molar-refractivity contribution in [3.8, 4) is 17.1 Å². The van der Waals surface area contributed by atoms with Crippen molar-refractivity contribution in [2.45, 2.75) is 6.54 Å². The summed E-state index contributed by atoms with van der Waals surface area (Å²) >= 11 is 0. The van der Waals surface area contributed by atoms with Crippen LogP contribution in [0.25, 0.3) is 28.2 Å². The molecule has 0 saturated heterocycles. The number of imidazole rings is 1. The number of hydrogen-bond donors (Lipinski definition) is 2. The van der Waals surface area contributed by atoms with Crippen LogP contribution in [0.2, 0.25) is 0 Å². The molecule has 3 N–H and O–H groups in total. The number of amides is 1. The smallest absolute Gasteiger partial charge is 0.251 e. The van der Waals surface area contributed by atoms with Crippen molar-refractivity contribution in [1.82, 2.24) is 24.8 Å². The molecule has 0 radical (unpaired) electrons. The Morgan fingerprint density at radius 3 is 2.42 bits per heavy atom. The summed E-state index contributed by atoms with van der Waals surface area (Å²) in [4.78, 5) is 25.7. The molecule has 3 heterocycles. The molecule has 0 fully saturated rings. The minimum Gasteiger partial charge on any atom is -0.383 e. The summed E-state index contributed by atoms with van der Waals surface area (Å²) in [6.45, 7) is 0.335. The number of carbonyl (C=O) groups excluding carboxylic acids is 1. The number of aromatic nitrogens is 4. The van der Waals surface area contributed by atoms with Gasteiger partial charge in [-0.25, -0.2) is 19.3 Å². The highest BCUT2D eigenvalue weighted by atomic mass is 19.1. The molecule has 0 aliphatic rings. The number of nitrogens with one attached hydrogen (secondary N) is 1. The van der Waals surface area contributed by atoms with Gasteiger partial charge < -0.3 is 11.1 Å². The summed E-state index contributed by atoms with van der Waals surface area (Å²) in [6.07, 6.45) is 3.36. The minimum absolute atomic E-state index is 0.266. The summed E-state index contributed by atoms with van der Waals surface area (Å²) in [7, 11) is 0. The molecule has 0 saturated carbocycles. The molecule has 3 aromatic heterocycles. The zero-order valence-electron chi connectivity index (χ0n) is 17.4. The first-order chi connectivity index (χ1) is 16.1. The maximum atomic E-state index is 13.1. The van der Waals surface area contributed by atoms with Gasteiger partial charge in [-0.1, -0.05) is 12.1 Å². The molecule has 0 bridgehead atoms. The van der Waals surface area contributed by atoms with Crippen LogP contribution in [0.3, 0.4) is 0 Å². The number of nitrogen functional groups attached to an aromatic ring is 1. The molecule has 0 spiro atoms. The third kappa shape index (κ3) is 4.01. The topological polar surface area (TPSA) is 98.7 Å². The highest BCUT2D eigenvalue weighted by Gasteiger charge is 2.17. The van der Waals surface area contributed by atoms with E-state index >= 15 is 0 Å². The van der Waals surface area contributed by atoms with E-state index in [2.05, 4.69) is 15.3 Å². The van der Waals surface area contributed by atoms with E-state index in [1.807, 2.05) is 53.1 Å². The van der Waals surface area contributed by atoms with E-state index < -0.39 is 0 Å². The summed E-state index contributed by atoms with van der Waals surface area (Å²) in [5, 5.41) is 2.85. The molecule has 1 amide bonds. The van der Waals surface area contributed by atoms with Crippen LogP contribution >= 0.6 is 0 Å². The van der Waals surface area contributed by atoms with E-state index in [0.717, 1.165) is 16.8 Å². The first kappa shape index (κ1) is 20.3. The maximum absolute atomic E-state index is 13.1. The first-order valence-electron chi connectivity index (χ1n) is 10.3. The molecule has 0 unspecified atom stereocenters. The molecule has 0 aliphatic carbocycles. The zero-order valence-corrected chi connectivity index (χ0v) is 17.4. The summed E-state index contributed by atoms with van der Waals surface area (Å²) in [5.41, 5.74) is 10.4. The number of pyridine rings is 2. The van der Waals surface area contributed by atoms with E-state index in [1.54, 1.807) is 12.4 Å². The van der Waals surface area contributed by atoms with E-state index in [1.165, 1.54) is 24.3 Å². The summed E-state index contributed by atoms with van der Waals surface area (Å²) in [6, 6.07) is 20.6. The normalized spacial score (nSPS) is 10.9. The monoisotopic (exact) mass is 438 g/mol. The summed E-state index contributed by atoms with van der Waals surface area (Å²) in [5.74, 6) is 0.384. The molecule has 2 aromatic carbocycles. The van der Waals surface area contributed by atoms with Gasteiger partial charge in [0.25, 0.3) is 5.91 Å². The Bertz CT molecular complexity index is 1440. The van der Waals surface area contributed by atoms with Crippen LogP contribution < -0.4 is 11.1 Å². The third-order valence-corrected chi connectivity index (χ3v) is 5.25. The average molecular weight is 438 g/mol. The van der Waals surface area contributed by atoms with Crippen molar-refractivity contribution in [3.63, 3.8) is 0 Å². The van der Waals surface area contributed by atoms with Gasteiger partial charge in [-0.15, -0.1) is 0 Å². The van der Waals surface area contributed by atoms with Crippen LogP contribution in [0.4, 0.5) is 10.2 Å². The van der Waals surface area contributed by atoms with Gasteiger partial charge in [-0.3, -0.25) is 9.36 Å². The molecule has 7 nitrogen and oxygen atoms in total. The molecular weight excluding hydrogens is 419 g/mol. The van der Waals surface area contributed by atoms with Gasteiger partial charge in [0.1, 0.15) is 17.2 Å². The van der Waals surface area contributed by atoms with Gasteiger partial charge in [0.15, 0.2) is 11.5 Å². The van der Waals surface area contributed by atoms with Crippen LogP contribution in [-0.4, -0.2) is 25.4 Å². The Labute approximate surface area is 188 Å². The highest BCUT2D eigenvalue weighted by Crippen LogP contribution is 2.30. The Morgan fingerprint density at radius 1 is 0.939 bits per heavy atom. The molecule has 5 rings (SSSR count). The summed E-state index contributed by atoms with van der Waals surface area (Å²) < 4.78 is 15.0. The zero-order chi connectivity index (χ0) is 22.8. The van der Waals surface area contributed by atoms with Crippen LogP contribution in [0.5, 0.6) is 0 Å². The number of nitrogens with two attached hydrogens (primary N) is 1. The van der Waals surface area contributed by atoms with Crippen molar-refractivity contribution in [2.24, 2.45) is 0 Å². The van der Waals surface area contributed by atoms with Crippen molar-refractivity contribution in [2.75, 3.05) is 5.73 Å². The van der Waals surface area contributed by atoms with E-state index in [-0.39, 0.29) is 11.7 Å². The van der Waals surface area contributed by atoms with Crippen molar-refractivity contribution < 1.29 is 9.18 Å². The number of nitrogens with zero attached hydrogens (tertiary/aromatic N) is 4. The van der Waals surface area contributed by atoms with E-state index in [0.29, 0.717) is 35.0 Å². The SMILES string of the molecule is Nc1ncccc1-c1nc2cccnc2n1-c1ccc(CNC(=O)c2ccc(F)cc2)cc1. The average Bonchev–Trinajstić information content (AvgIpc) is 3.23. The second-order valence-corrected chi connectivity index (χ2v) is 7.41. The quantitative estimate of drug-likeness (QED) is 0.430. The van der Waals surface area contributed by atoms with Gasteiger partial charge >= 0.3 is 0 Å². The molecule has 5 aromatic rings. The Balaban J connectivity index is 1.44. The number of benzene rings is 2. The molecule has 33 heavy (non-hydrogen) atoms. The van der Waals surface area contributed by atoms with Gasteiger partial charge in [-0.2, -0.15) is 0 Å². The lowest BCUT2D eigenvalue weighted by atomic mass is 10.1. The van der Waals surface area contributed by atoms with Crippen molar-refractivity contribution >= 4 is 22.9 Å². The van der Waals surface area contributed by atoms with Gasteiger partial charge in [0.05, 0.1) is 5.56 Å². The minimum atomic E-state index is -0.379. The van der Waals surface area contributed by atoms with Gasteiger partial charge in [-0.05, 0) is 66.2 Å². The van der Waals surface area contributed by atoms with E-state index in [4.69, 9.17) is 10.7 Å². The lowest BCUT2D eigenvalue weighted by Crippen LogP contribution is -2.22. The van der Waals surface area contributed by atoms with Crippen LogP contribution in [0.15, 0.2) is 85.2 Å². The standard InChI is InChI=1S/C25H19FN6O/c26-18-9-7-17(8-10-18)25(33)30-15-16-5-11-19(12-6-16)32-23(20-3-1-13-28-22(20)27)31-21-4-2-14-29-24(21)32/h1-14H,15H2,(H2,27,28)(H,30,33). The van der Waals surface area contributed by atoms with Crippen LogP contribution in [0.1, 0.15) is 15.9 Å². The lowest BCUT2D eigenvalue weighted by molar-refractivity contribution is 0.0951. The lowest BCUT2D eigenvalue weighted by Gasteiger charge is -2.11. The number of anilines is 1. The van der Waals surface area contributed by atoms with Gasteiger partial charge in [0.2, 0.25) is 0 Å². The van der Waals surface area contributed by atoms with Crippen LogP contribution in [-0.2, 0) is 6.54 Å². The second-order valence-electron chi connectivity index (χ2n) is 7.41. The number of fused-ring (bicyclic) bond motifs is 1. The molecular formula is C25H19FN6O. The fourth-order valence-corrected chi connectivity index (χ4v) is 3.59. The third-order valence-electron chi connectivity index (χ3n) is 5.25. The molecule has 8 heteroatoms. The Morgan fingerprint density at radius 2 is 1.67 bits per heavy atom. The Hall–Kier alpha value is -4.59. The van der Waals surface area contributed by atoms with Gasteiger partial charge in [0, 0.05) is 30.2 Å². The number of halogens is 1. The number of rotatable bonds is 5. The highest BCUT2D eigenvalue weighted by molar-refractivity contribution is 5.94. The molecule has 162 valence electrons. The molecule has 0 atom stereocenters. The maximum Gasteiger partial charge on any atom is 0.251 e. The van der Waals surface area contributed by atoms with Crippen molar-refractivity contribution in [3.05, 3.63) is 102 Å². The largest absolute Gasteiger partial charge is 0.383 e. The molecule has 0 aliphatic heterocycles. The number of hydrogen-bond acceptors (Lipinski definition) is 5. The number of carbonyl (C=O) groups is 1. The second kappa shape index (κ2) is 8.51. The predicted octanol–water partition coefficient (Wildman–Crippen LogP) is 4.13. The Kier molecular flexibility index (Phi) is 5.24. The van der Waals surface area contributed by atoms with Crippen LogP contribution in [0, 0.1) is 5.82 Å². The fourth-order valence-electron chi connectivity index (χ4n) is 3.59. The van der Waals surface area contributed by atoms with E-state index in [9.17, 15) is 9.18 Å². The fraction of sp³-hybridized carbons (Fsp3) is 0.0400.